The number of anilines is 1. The highest BCUT2D eigenvalue weighted by atomic mass is 16.6. The first-order valence-corrected chi connectivity index (χ1v) is 6.95. The summed E-state index contributed by atoms with van der Waals surface area (Å²) >= 11 is 0. The molecule has 0 aliphatic rings. The van der Waals surface area contributed by atoms with Crippen molar-refractivity contribution in [1.29, 1.82) is 0 Å². The number of hydrogen-bond donors (Lipinski definition) is 1. The topological polar surface area (TPSA) is 117 Å². The van der Waals surface area contributed by atoms with Crippen LogP contribution in [0.5, 0.6) is 11.5 Å². The molecule has 0 fully saturated rings. The van der Waals surface area contributed by atoms with Gasteiger partial charge in [0, 0.05) is 12.6 Å². The Morgan fingerprint density at radius 1 is 1.04 bits per heavy atom. The van der Waals surface area contributed by atoms with Crippen molar-refractivity contribution in [2.24, 2.45) is 0 Å². The van der Waals surface area contributed by atoms with Gasteiger partial charge in [-0.3, -0.25) is 20.2 Å². The van der Waals surface area contributed by atoms with E-state index in [1.165, 1.54) is 19.2 Å². The molecule has 2 rings (SSSR count). The summed E-state index contributed by atoms with van der Waals surface area (Å²) in [6.45, 7) is 0.505. The molecule has 0 spiro atoms. The van der Waals surface area contributed by atoms with Gasteiger partial charge in [-0.15, -0.1) is 0 Å². The minimum Gasteiger partial charge on any atom is -0.493 e. The van der Waals surface area contributed by atoms with E-state index in [0.29, 0.717) is 11.5 Å². The molecule has 0 heterocycles. The summed E-state index contributed by atoms with van der Waals surface area (Å²) in [5.41, 5.74) is -0.506. The molecule has 2 aromatic carbocycles. The third kappa shape index (κ3) is 4.09. The standard InChI is InChI=1S/C15H15N3O6/c1-23-14-4-2-3-5-15(14)24-9-8-16-12-7-6-11(17(19)20)10-13(12)18(21)22/h2-7,10,16H,8-9H2,1H3. The van der Waals surface area contributed by atoms with Crippen molar-refractivity contribution in [3.63, 3.8) is 0 Å². The fraction of sp³-hybridized carbons (Fsp3) is 0.200. The Bertz CT molecular complexity index is 750. The zero-order valence-electron chi connectivity index (χ0n) is 12.8. The van der Waals surface area contributed by atoms with E-state index in [-0.39, 0.29) is 30.2 Å². The Morgan fingerprint density at radius 3 is 2.38 bits per heavy atom. The maximum atomic E-state index is 11.0. The van der Waals surface area contributed by atoms with Crippen LogP contribution in [-0.2, 0) is 0 Å². The molecular weight excluding hydrogens is 318 g/mol. The highest BCUT2D eigenvalue weighted by Crippen LogP contribution is 2.29. The summed E-state index contributed by atoms with van der Waals surface area (Å²) in [5, 5.41) is 24.6. The second-order valence-corrected chi connectivity index (χ2v) is 4.64. The molecule has 0 aromatic heterocycles. The Hall–Kier alpha value is -3.36. The van der Waals surface area contributed by atoms with E-state index in [0.717, 1.165) is 6.07 Å². The van der Waals surface area contributed by atoms with E-state index >= 15 is 0 Å². The van der Waals surface area contributed by atoms with Gasteiger partial charge in [-0.2, -0.15) is 0 Å². The van der Waals surface area contributed by atoms with E-state index in [9.17, 15) is 20.2 Å². The molecule has 24 heavy (non-hydrogen) atoms. The van der Waals surface area contributed by atoms with Crippen LogP contribution in [0.15, 0.2) is 42.5 Å². The molecule has 0 amide bonds. The number of methoxy groups -OCH3 is 1. The number of nitro benzene ring substituents is 2. The summed E-state index contributed by atoms with van der Waals surface area (Å²) in [7, 11) is 1.53. The Balaban J connectivity index is 1.99. The number of nitro groups is 2. The van der Waals surface area contributed by atoms with Crippen molar-refractivity contribution in [2.45, 2.75) is 0 Å². The normalized spacial score (nSPS) is 10.0. The van der Waals surface area contributed by atoms with Crippen molar-refractivity contribution >= 4 is 17.1 Å². The van der Waals surface area contributed by atoms with E-state index in [2.05, 4.69) is 5.32 Å². The highest BCUT2D eigenvalue weighted by molar-refractivity contribution is 5.65. The molecule has 0 saturated carbocycles. The molecule has 0 unspecified atom stereocenters. The molecule has 1 N–H and O–H groups in total. The number of hydrogen-bond acceptors (Lipinski definition) is 7. The van der Waals surface area contributed by atoms with E-state index in [4.69, 9.17) is 9.47 Å². The minimum absolute atomic E-state index is 0.189. The molecular formula is C15H15N3O6. The zero-order chi connectivity index (χ0) is 17.5. The molecule has 9 nitrogen and oxygen atoms in total. The van der Waals surface area contributed by atoms with Gasteiger partial charge in [-0.1, -0.05) is 12.1 Å². The van der Waals surface area contributed by atoms with Crippen molar-refractivity contribution < 1.29 is 19.3 Å². The number of benzene rings is 2. The maximum Gasteiger partial charge on any atom is 0.299 e. The Morgan fingerprint density at radius 2 is 1.75 bits per heavy atom. The monoisotopic (exact) mass is 333 g/mol. The summed E-state index contributed by atoms with van der Waals surface area (Å²) in [6, 6.07) is 10.5. The van der Waals surface area contributed by atoms with Gasteiger partial charge < -0.3 is 14.8 Å². The molecule has 0 bridgehead atoms. The van der Waals surface area contributed by atoms with Crippen molar-refractivity contribution in [1.82, 2.24) is 0 Å². The third-order valence-corrected chi connectivity index (χ3v) is 3.13. The number of nitrogens with zero attached hydrogens (tertiary/aromatic N) is 2. The van der Waals surface area contributed by atoms with Gasteiger partial charge in [0.15, 0.2) is 11.5 Å². The van der Waals surface area contributed by atoms with Gasteiger partial charge in [-0.25, -0.2) is 0 Å². The Kier molecular flexibility index (Phi) is 5.50. The lowest BCUT2D eigenvalue weighted by Gasteiger charge is -2.11. The first-order valence-electron chi connectivity index (χ1n) is 6.95. The third-order valence-electron chi connectivity index (χ3n) is 3.13. The molecule has 0 aliphatic carbocycles. The molecule has 9 heteroatoms. The smallest absolute Gasteiger partial charge is 0.299 e. The Labute approximate surface area is 137 Å². The van der Waals surface area contributed by atoms with Crippen LogP contribution < -0.4 is 14.8 Å². The molecule has 0 saturated heterocycles. The predicted molar refractivity (Wildman–Crippen MR) is 86.7 cm³/mol. The summed E-state index contributed by atoms with van der Waals surface area (Å²) in [6.07, 6.45) is 0. The van der Waals surface area contributed by atoms with Crippen LogP contribution >= 0.6 is 0 Å². The van der Waals surface area contributed by atoms with Gasteiger partial charge in [0.25, 0.3) is 11.4 Å². The molecule has 2 aromatic rings. The summed E-state index contributed by atoms with van der Waals surface area (Å²) in [5.74, 6) is 1.14. The molecule has 0 aliphatic heterocycles. The van der Waals surface area contributed by atoms with Crippen LogP contribution in [0.25, 0.3) is 0 Å². The van der Waals surface area contributed by atoms with E-state index in [1.54, 1.807) is 18.2 Å². The number of rotatable bonds is 8. The van der Waals surface area contributed by atoms with Crippen LogP contribution in [0.3, 0.4) is 0 Å². The first kappa shape index (κ1) is 17.0. The van der Waals surface area contributed by atoms with Crippen LogP contribution in [0, 0.1) is 20.2 Å². The molecule has 0 radical (unpaired) electrons. The molecule has 0 atom stereocenters. The predicted octanol–water partition coefficient (Wildman–Crippen LogP) is 3.00. The minimum atomic E-state index is -0.679. The average molecular weight is 333 g/mol. The van der Waals surface area contributed by atoms with Crippen molar-refractivity contribution in [3.8, 4) is 11.5 Å². The first-order chi connectivity index (χ1) is 11.5. The molecule has 126 valence electrons. The van der Waals surface area contributed by atoms with Crippen LogP contribution in [-0.4, -0.2) is 30.1 Å². The number of para-hydroxylation sites is 2. The van der Waals surface area contributed by atoms with Gasteiger partial charge in [0.1, 0.15) is 12.3 Å². The number of non-ortho nitro benzene ring substituents is 1. The van der Waals surface area contributed by atoms with Crippen LogP contribution in [0.1, 0.15) is 0 Å². The average Bonchev–Trinajstić information content (AvgIpc) is 2.58. The number of nitrogens with one attached hydrogen (secondary N) is 1. The van der Waals surface area contributed by atoms with E-state index < -0.39 is 9.85 Å². The lowest BCUT2D eigenvalue weighted by atomic mass is 10.2. The largest absolute Gasteiger partial charge is 0.493 e. The van der Waals surface area contributed by atoms with Crippen LogP contribution in [0.4, 0.5) is 17.1 Å². The lowest BCUT2D eigenvalue weighted by Crippen LogP contribution is -2.13. The summed E-state index contributed by atoms with van der Waals surface area (Å²) < 4.78 is 10.7. The van der Waals surface area contributed by atoms with Gasteiger partial charge in [0.05, 0.1) is 23.0 Å². The van der Waals surface area contributed by atoms with Crippen molar-refractivity contribution in [2.75, 3.05) is 25.6 Å². The summed E-state index contributed by atoms with van der Waals surface area (Å²) in [4.78, 5) is 20.4. The maximum absolute atomic E-state index is 11.0. The van der Waals surface area contributed by atoms with Crippen molar-refractivity contribution in [3.05, 3.63) is 62.7 Å². The second kappa shape index (κ2) is 7.77. The zero-order valence-corrected chi connectivity index (χ0v) is 12.8. The fourth-order valence-corrected chi connectivity index (χ4v) is 2.02. The van der Waals surface area contributed by atoms with Gasteiger partial charge in [-0.05, 0) is 18.2 Å². The van der Waals surface area contributed by atoms with E-state index in [1.807, 2.05) is 6.07 Å². The van der Waals surface area contributed by atoms with Gasteiger partial charge >= 0.3 is 0 Å². The number of ether oxygens (including phenoxy) is 2. The quantitative estimate of drug-likeness (QED) is 0.448. The van der Waals surface area contributed by atoms with Crippen LogP contribution in [0.2, 0.25) is 0 Å². The fourth-order valence-electron chi connectivity index (χ4n) is 2.02. The SMILES string of the molecule is COc1ccccc1OCCNc1ccc([N+](=O)[O-])cc1[N+](=O)[O-]. The highest BCUT2D eigenvalue weighted by Gasteiger charge is 2.19. The van der Waals surface area contributed by atoms with Gasteiger partial charge in [0.2, 0.25) is 0 Å². The lowest BCUT2D eigenvalue weighted by molar-refractivity contribution is -0.393. The second-order valence-electron chi connectivity index (χ2n) is 4.64.